The monoisotopic (exact) mass is 442 g/mol. The molecule has 0 aliphatic carbocycles. The second-order valence-electron chi connectivity index (χ2n) is 6.31. The van der Waals surface area contributed by atoms with Crippen molar-refractivity contribution in [2.24, 2.45) is 0 Å². The molecule has 0 radical (unpaired) electrons. The zero-order valence-electron chi connectivity index (χ0n) is 16.5. The van der Waals surface area contributed by atoms with Gasteiger partial charge in [0.1, 0.15) is 0 Å². The molecule has 2 aromatic carbocycles. The number of hydrogen-bond acceptors (Lipinski definition) is 4. The van der Waals surface area contributed by atoms with Crippen LogP contribution < -0.4 is 5.32 Å². The Kier molecular flexibility index (Phi) is 8.18. The van der Waals surface area contributed by atoms with Gasteiger partial charge in [0.05, 0.1) is 16.7 Å². The number of carbonyl (C=O) groups excluding carboxylic acids is 1. The Labute approximate surface area is 174 Å². The Morgan fingerprint density at radius 1 is 1.07 bits per heavy atom. The van der Waals surface area contributed by atoms with E-state index >= 15 is 0 Å². The predicted molar refractivity (Wildman–Crippen MR) is 110 cm³/mol. The number of thioether (sulfide) groups is 1. The largest absolute Gasteiger partial charge is 0.349 e. The molecule has 1 N–H and O–H groups in total. The molecule has 0 aromatic heterocycles. The molecule has 0 saturated carbocycles. The summed E-state index contributed by atoms with van der Waals surface area (Å²) in [5, 5.41) is 2.81. The van der Waals surface area contributed by atoms with Crippen molar-refractivity contribution in [3.8, 4) is 0 Å². The Bertz CT molecular complexity index is 947. The number of sulfonamides is 1. The third kappa shape index (κ3) is 6.01. The summed E-state index contributed by atoms with van der Waals surface area (Å²) < 4.78 is 52.6. The molecule has 0 aliphatic rings. The zero-order chi connectivity index (χ0) is 21.6. The molecule has 1 atom stereocenters. The Balaban J connectivity index is 1.97. The van der Waals surface area contributed by atoms with Crippen LogP contribution in [-0.2, 0) is 14.8 Å². The SMILES string of the molecule is CCN(CC)S(=O)(=O)c1ccc(C(C)NC(=O)CSc2ccc(F)c(F)c2)cc1. The minimum Gasteiger partial charge on any atom is -0.349 e. The maximum absolute atomic E-state index is 13.2. The van der Waals surface area contributed by atoms with Gasteiger partial charge >= 0.3 is 0 Å². The van der Waals surface area contributed by atoms with Crippen molar-refractivity contribution in [2.75, 3.05) is 18.8 Å². The van der Waals surface area contributed by atoms with Crippen molar-refractivity contribution in [3.63, 3.8) is 0 Å². The smallest absolute Gasteiger partial charge is 0.243 e. The maximum atomic E-state index is 13.2. The minimum atomic E-state index is -3.53. The summed E-state index contributed by atoms with van der Waals surface area (Å²) in [5.41, 5.74) is 0.759. The molecule has 1 amide bonds. The summed E-state index contributed by atoms with van der Waals surface area (Å²) in [6.45, 7) is 6.14. The van der Waals surface area contributed by atoms with E-state index in [2.05, 4.69) is 5.32 Å². The van der Waals surface area contributed by atoms with Crippen molar-refractivity contribution in [1.82, 2.24) is 9.62 Å². The van der Waals surface area contributed by atoms with Gasteiger partial charge in [-0.3, -0.25) is 4.79 Å². The molecule has 2 aromatic rings. The van der Waals surface area contributed by atoms with Crippen LogP contribution in [0.2, 0.25) is 0 Å². The van der Waals surface area contributed by atoms with Gasteiger partial charge in [-0.05, 0) is 42.8 Å². The summed E-state index contributed by atoms with van der Waals surface area (Å²) in [7, 11) is -3.53. The van der Waals surface area contributed by atoms with Crippen LogP contribution in [0.25, 0.3) is 0 Å². The van der Waals surface area contributed by atoms with Crippen LogP contribution in [0, 0.1) is 11.6 Å². The molecular formula is C20H24F2N2O3S2. The van der Waals surface area contributed by atoms with E-state index in [0.29, 0.717) is 18.0 Å². The standard InChI is InChI=1S/C20H24F2N2O3S2/c1-4-24(5-2)29(26,27)17-9-6-15(7-10-17)14(3)23-20(25)13-28-16-8-11-18(21)19(22)12-16/h6-12,14H,4-5,13H2,1-3H3,(H,23,25). The van der Waals surface area contributed by atoms with Crippen LogP contribution in [0.15, 0.2) is 52.3 Å². The second-order valence-corrected chi connectivity index (χ2v) is 9.30. The highest BCUT2D eigenvalue weighted by Crippen LogP contribution is 2.22. The van der Waals surface area contributed by atoms with Gasteiger partial charge < -0.3 is 5.32 Å². The van der Waals surface area contributed by atoms with E-state index in [1.165, 1.54) is 22.5 Å². The third-order valence-electron chi connectivity index (χ3n) is 4.36. The van der Waals surface area contributed by atoms with Crippen molar-refractivity contribution in [3.05, 3.63) is 59.7 Å². The van der Waals surface area contributed by atoms with Crippen molar-refractivity contribution in [1.29, 1.82) is 0 Å². The first-order chi connectivity index (χ1) is 13.7. The first-order valence-corrected chi connectivity index (χ1v) is 11.6. The normalized spacial score (nSPS) is 12.8. The van der Waals surface area contributed by atoms with E-state index in [4.69, 9.17) is 0 Å². The molecule has 2 rings (SSSR count). The molecule has 0 fully saturated rings. The predicted octanol–water partition coefficient (Wildman–Crippen LogP) is 3.96. The number of nitrogens with one attached hydrogen (secondary N) is 1. The van der Waals surface area contributed by atoms with Crippen LogP contribution in [0.1, 0.15) is 32.4 Å². The van der Waals surface area contributed by atoms with Crippen LogP contribution in [0.5, 0.6) is 0 Å². The molecule has 0 heterocycles. The lowest BCUT2D eigenvalue weighted by Crippen LogP contribution is -2.30. The van der Waals surface area contributed by atoms with Crippen LogP contribution in [0.4, 0.5) is 8.78 Å². The Hall–Kier alpha value is -1.97. The van der Waals surface area contributed by atoms with E-state index in [-0.39, 0.29) is 22.6 Å². The fraction of sp³-hybridized carbons (Fsp3) is 0.350. The van der Waals surface area contributed by atoms with Gasteiger partial charge in [0.25, 0.3) is 0 Å². The van der Waals surface area contributed by atoms with Gasteiger partial charge in [0.15, 0.2) is 11.6 Å². The highest BCUT2D eigenvalue weighted by molar-refractivity contribution is 8.00. The molecule has 5 nitrogen and oxygen atoms in total. The molecule has 0 saturated heterocycles. The average Bonchev–Trinajstić information content (AvgIpc) is 2.69. The number of halogens is 2. The third-order valence-corrected chi connectivity index (χ3v) is 7.42. The highest BCUT2D eigenvalue weighted by Gasteiger charge is 2.21. The van der Waals surface area contributed by atoms with Crippen LogP contribution in [0.3, 0.4) is 0 Å². The summed E-state index contributed by atoms with van der Waals surface area (Å²) in [6, 6.07) is 9.54. The number of benzene rings is 2. The topological polar surface area (TPSA) is 66.5 Å². The molecule has 9 heteroatoms. The molecule has 158 valence electrons. The van der Waals surface area contributed by atoms with Crippen LogP contribution in [-0.4, -0.2) is 37.5 Å². The number of nitrogens with zero attached hydrogens (tertiary/aromatic N) is 1. The fourth-order valence-corrected chi connectivity index (χ4v) is 4.91. The van der Waals surface area contributed by atoms with E-state index < -0.39 is 21.7 Å². The van der Waals surface area contributed by atoms with Crippen molar-refractivity contribution < 1.29 is 22.0 Å². The van der Waals surface area contributed by atoms with E-state index in [1.807, 2.05) is 0 Å². The first-order valence-electron chi connectivity index (χ1n) is 9.16. The van der Waals surface area contributed by atoms with E-state index in [1.54, 1.807) is 32.9 Å². The molecule has 0 spiro atoms. The number of carbonyl (C=O) groups is 1. The molecule has 1 unspecified atom stereocenters. The average molecular weight is 443 g/mol. The van der Waals surface area contributed by atoms with Crippen molar-refractivity contribution in [2.45, 2.75) is 36.6 Å². The van der Waals surface area contributed by atoms with Gasteiger partial charge in [-0.15, -0.1) is 11.8 Å². The lowest BCUT2D eigenvalue weighted by Gasteiger charge is -2.19. The number of rotatable bonds is 9. The van der Waals surface area contributed by atoms with E-state index in [9.17, 15) is 22.0 Å². The number of amides is 1. The summed E-state index contributed by atoms with van der Waals surface area (Å²) in [4.78, 5) is 12.8. The minimum absolute atomic E-state index is 0.0455. The molecule has 29 heavy (non-hydrogen) atoms. The highest BCUT2D eigenvalue weighted by atomic mass is 32.2. The molecule has 0 aliphatic heterocycles. The Morgan fingerprint density at radius 3 is 2.24 bits per heavy atom. The maximum Gasteiger partial charge on any atom is 0.243 e. The zero-order valence-corrected chi connectivity index (χ0v) is 18.1. The first kappa shape index (κ1) is 23.3. The lowest BCUT2D eigenvalue weighted by molar-refractivity contribution is -0.119. The Morgan fingerprint density at radius 2 is 1.69 bits per heavy atom. The molecule has 0 bridgehead atoms. The fourth-order valence-electron chi connectivity index (χ4n) is 2.72. The van der Waals surface area contributed by atoms with Gasteiger partial charge in [-0.25, -0.2) is 17.2 Å². The second kappa shape index (κ2) is 10.2. The van der Waals surface area contributed by atoms with Crippen LogP contribution >= 0.6 is 11.8 Å². The summed E-state index contributed by atoms with van der Waals surface area (Å²) in [5.74, 6) is -2.11. The van der Waals surface area contributed by atoms with E-state index in [0.717, 1.165) is 29.5 Å². The molecular weight excluding hydrogens is 418 g/mol. The number of hydrogen-bond donors (Lipinski definition) is 1. The van der Waals surface area contributed by atoms with Gasteiger partial charge in [-0.1, -0.05) is 26.0 Å². The quantitative estimate of drug-likeness (QED) is 0.597. The van der Waals surface area contributed by atoms with Gasteiger partial charge in [0, 0.05) is 18.0 Å². The van der Waals surface area contributed by atoms with Gasteiger partial charge in [-0.2, -0.15) is 4.31 Å². The summed E-state index contributed by atoms with van der Waals surface area (Å²) in [6.07, 6.45) is 0. The van der Waals surface area contributed by atoms with Gasteiger partial charge in [0.2, 0.25) is 15.9 Å². The van der Waals surface area contributed by atoms with Crippen molar-refractivity contribution >= 4 is 27.7 Å². The lowest BCUT2D eigenvalue weighted by atomic mass is 10.1. The summed E-state index contributed by atoms with van der Waals surface area (Å²) >= 11 is 1.10.